The van der Waals surface area contributed by atoms with Gasteiger partial charge in [-0.05, 0) is 42.3 Å². The van der Waals surface area contributed by atoms with E-state index in [0.29, 0.717) is 12.0 Å². The molecule has 1 fully saturated rings. The molecular formula is C15H19NOS. The van der Waals surface area contributed by atoms with Gasteiger partial charge in [0.05, 0.1) is 6.61 Å². The number of likely N-dealkylation sites (N-methyl/N-ethyl adjacent to an activating group) is 1. The SMILES string of the molecule is CNC(Cc1csc2ccccc12)C1CCOC1. The van der Waals surface area contributed by atoms with E-state index >= 15 is 0 Å². The van der Waals surface area contributed by atoms with Crippen molar-refractivity contribution in [3.63, 3.8) is 0 Å². The lowest BCUT2D eigenvalue weighted by Gasteiger charge is -2.21. The first kappa shape index (κ1) is 12.2. The van der Waals surface area contributed by atoms with E-state index < -0.39 is 0 Å². The van der Waals surface area contributed by atoms with Crippen LogP contribution >= 0.6 is 11.3 Å². The van der Waals surface area contributed by atoms with Gasteiger partial charge in [0.2, 0.25) is 0 Å². The van der Waals surface area contributed by atoms with Crippen LogP contribution in [0.25, 0.3) is 10.1 Å². The maximum absolute atomic E-state index is 5.51. The molecule has 3 heteroatoms. The van der Waals surface area contributed by atoms with Gasteiger partial charge in [0.1, 0.15) is 0 Å². The zero-order chi connectivity index (χ0) is 12.4. The van der Waals surface area contributed by atoms with Crippen LogP contribution in [0.3, 0.4) is 0 Å². The fraction of sp³-hybridized carbons (Fsp3) is 0.467. The highest BCUT2D eigenvalue weighted by Gasteiger charge is 2.25. The zero-order valence-electron chi connectivity index (χ0n) is 10.7. The molecule has 1 aromatic carbocycles. The summed E-state index contributed by atoms with van der Waals surface area (Å²) in [4.78, 5) is 0. The monoisotopic (exact) mass is 261 g/mol. The van der Waals surface area contributed by atoms with Crippen molar-refractivity contribution in [2.24, 2.45) is 5.92 Å². The number of nitrogens with one attached hydrogen (secondary N) is 1. The number of ether oxygens (including phenoxy) is 1. The average molecular weight is 261 g/mol. The Morgan fingerprint density at radius 2 is 2.33 bits per heavy atom. The second-order valence-corrected chi connectivity index (χ2v) is 5.89. The Morgan fingerprint density at radius 3 is 3.11 bits per heavy atom. The zero-order valence-corrected chi connectivity index (χ0v) is 11.5. The standard InChI is InChI=1S/C15H19NOS/c1-16-14(11-6-7-17-9-11)8-12-10-18-15-5-3-2-4-13(12)15/h2-5,10-11,14,16H,6-9H2,1H3. The molecule has 1 aliphatic rings. The number of hydrogen-bond donors (Lipinski definition) is 1. The lowest BCUT2D eigenvalue weighted by atomic mass is 9.93. The molecule has 1 saturated heterocycles. The van der Waals surface area contributed by atoms with Crippen LogP contribution in [-0.2, 0) is 11.2 Å². The van der Waals surface area contributed by atoms with Gasteiger partial charge < -0.3 is 10.1 Å². The Morgan fingerprint density at radius 1 is 1.44 bits per heavy atom. The first-order valence-electron chi connectivity index (χ1n) is 6.58. The minimum atomic E-state index is 0.533. The van der Waals surface area contributed by atoms with Gasteiger partial charge in [-0.25, -0.2) is 0 Å². The Kier molecular flexibility index (Phi) is 3.64. The summed E-state index contributed by atoms with van der Waals surface area (Å²) in [5, 5.41) is 7.20. The van der Waals surface area contributed by atoms with Crippen molar-refractivity contribution in [1.29, 1.82) is 0 Å². The van der Waals surface area contributed by atoms with Crippen LogP contribution in [0.1, 0.15) is 12.0 Å². The molecule has 1 aliphatic heterocycles. The van der Waals surface area contributed by atoms with Gasteiger partial charge >= 0.3 is 0 Å². The van der Waals surface area contributed by atoms with Gasteiger partial charge in [-0.2, -0.15) is 0 Å². The molecule has 0 aliphatic carbocycles. The van der Waals surface area contributed by atoms with Gasteiger partial charge in [-0.15, -0.1) is 11.3 Å². The van der Waals surface area contributed by atoms with Crippen molar-refractivity contribution < 1.29 is 4.74 Å². The molecule has 2 atom stereocenters. The van der Waals surface area contributed by atoms with Gasteiger partial charge in [-0.1, -0.05) is 18.2 Å². The molecule has 1 N–H and O–H groups in total. The van der Waals surface area contributed by atoms with Crippen molar-refractivity contribution in [1.82, 2.24) is 5.32 Å². The second-order valence-electron chi connectivity index (χ2n) is 4.98. The van der Waals surface area contributed by atoms with Crippen molar-refractivity contribution in [3.05, 3.63) is 35.2 Å². The topological polar surface area (TPSA) is 21.3 Å². The highest BCUT2D eigenvalue weighted by Crippen LogP contribution is 2.28. The normalized spacial score (nSPS) is 21.5. The Hall–Kier alpha value is -0.900. The Balaban J connectivity index is 1.81. The van der Waals surface area contributed by atoms with E-state index in [4.69, 9.17) is 4.74 Å². The van der Waals surface area contributed by atoms with Gasteiger partial charge in [-0.3, -0.25) is 0 Å². The van der Waals surface area contributed by atoms with Gasteiger partial charge in [0.25, 0.3) is 0 Å². The Bertz CT molecular complexity index is 516. The fourth-order valence-corrected chi connectivity index (χ4v) is 3.78. The van der Waals surface area contributed by atoms with Crippen LogP contribution in [0, 0.1) is 5.92 Å². The molecule has 2 unspecified atom stereocenters. The molecule has 0 bridgehead atoms. The van der Waals surface area contributed by atoms with E-state index in [1.807, 2.05) is 11.3 Å². The van der Waals surface area contributed by atoms with Crippen LogP contribution in [0.4, 0.5) is 0 Å². The van der Waals surface area contributed by atoms with E-state index in [1.54, 1.807) is 0 Å². The van der Waals surface area contributed by atoms with Gasteiger partial charge in [0, 0.05) is 23.3 Å². The molecule has 96 valence electrons. The molecule has 0 saturated carbocycles. The molecule has 2 heterocycles. The van der Waals surface area contributed by atoms with Crippen LogP contribution in [0.5, 0.6) is 0 Å². The molecule has 2 nitrogen and oxygen atoms in total. The molecule has 0 radical (unpaired) electrons. The molecule has 3 rings (SSSR count). The fourth-order valence-electron chi connectivity index (χ4n) is 2.80. The molecule has 2 aromatic rings. The quantitative estimate of drug-likeness (QED) is 0.913. The predicted molar refractivity (Wildman–Crippen MR) is 77.3 cm³/mol. The van der Waals surface area contributed by atoms with E-state index in [-0.39, 0.29) is 0 Å². The summed E-state index contributed by atoms with van der Waals surface area (Å²) >= 11 is 1.85. The third-order valence-electron chi connectivity index (χ3n) is 3.91. The van der Waals surface area contributed by atoms with Crippen LogP contribution in [0.15, 0.2) is 29.6 Å². The first-order valence-corrected chi connectivity index (χ1v) is 7.46. The third-order valence-corrected chi connectivity index (χ3v) is 4.92. The molecule has 0 spiro atoms. The van der Waals surface area contributed by atoms with E-state index in [0.717, 1.165) is 19.6 Å². The first-order chi connectivity index (χ1) is 8.88. The third kappa shape index (κ3) is 2.30. The summed E-state index contributed by atoms with van der Waals surface area (Å²) in [6.07, 6.45) is 2.29. The van der Waals surface area contributed by atoms with E-state index in [9.17, 15) is 0 Å². The van der Waals surface area contributed by atoms with E-state index in [2.05, 4.69) is 42.0 Å². The lowest BCUT2D eigenvalue weighted by molar-refractivity contribution is 0.177. The molecule has 18 heavy (non-hydrogen) atoms. The smallest absolute Gasteiger partial charge is 0.0510 e. The summed E-state index contributed by atoms with van der Waals surface area (Å²) in [6.45, 7) is 1.83. The number of thiophene rings is 1. The molecular weight excluding hydrogens is 242 g/mol. The highest BCUT2D eigenvalue weighted by molar-refractivity contribution is 7.17. The maximum atomic E-state index is 5.51. The summed E-state index contributed by atoms with van der Waals surface area (Å²) in [5.74, 6) is 0.661. The largest absolute Gasteiger partial charge is 0.381 e. The lowest BCUT2D eigenvalue weighted by Crippen LogP contribution is -2.35. The minimum absolute atomic E-state index is 0.533. The average Bonchev–Trinajstić information content (AvgIpc) is 3.06. The van der Waals surface area contributed by atoms with Crippen molar-refractivity contribution in [3.8, 4) is 0 Å². The summed E-state index contributed by atoms with van der Waals surface area (Å²) in [5.41, 5.74) is 1.47. The van der Waals surface area contributed by atoms with Gasteiger partial charge in [0.15, 0.2) is 0 Å². The maximum Gasteiger partial charge on any atom is 0.0510 e. The van der Waals surface area contributed by atoms with Crippen molar-refractivity contribution >= 4 is 21.4 Å². The minimum Gasteiger partial charge on any atom is -0.381 e. The number of fused-ring (bicyclic) bond motifs is 1. The number of hydrogen-bond acceptors (Lipinski definition) is 3. The van der Waals surface area contributed by atoms with Crippen LogP contribution < -0.4 is 5.32 Å². The molecule has 1 aromatic heterocycles. The highest BCUT2D eigenvalue weighted by atomic mass is 32.1. The number of rotatable bonds is 4. The summed E-state index contributed by atoms with van der Waals surface area (Å²) in [6, 6.07) is 9.22. The molecule has 0 amide bonds. The van der Waals surface area contributed by atoms with Crippen molar-refractivity contribution in [2.45, 2.75) is 18.9 Å². The Labute approximate surface area is 112 Å². The summed E-state index contributed by atoms with van der Waals surface area (Å²) < 4.78 is 6.90. The van der Waals surface area contributed by atoms with Crippen LogP contribution in [0.2, 0.25) is 0 Å². The summed E-state index contributed by atoms with van der Waals surface area (Å²) in [7, 11) is 2.07. The van der Waals surface area contributed by atoms with E-state index in [1.165, 1.54) is 22.1 Å². The predicted octanol–water partition coefficient (Wildman–Crippen LogP) is 3.07. The second kappa shape index (κ2) is 5.39. The van der Waals surface area contributed by atoms with Crippen molar-refractivity contribution in [2.75, 3.05) is 20.3 Å². The number of benzene rings is 1. The van der Waals surface area contributed by atoms with Crippen LogP contribution in [-0.4, -0.2) is 26.3 Å².